The Balaban J connectivity index is 1.90. The van der Waals surface area contributed by atoms with Crippen LogP contribution in [0.5, 0.6) is 0 Å². The first-order valence-corrected chi connectivity index (χ1v) is 25.8. The molecule has 2 aromatic rings. The molecule has 0 saturated carbocycles. The highest BCUT2D eigenvalue weighted by atomic mass is 16.3. The fourth-order valence-electron chi connectivity index (χ4n) is 9.19. The Labute approximate surface area is 431 Å². The van der Waals surface area contributed by atoms with E-state index in [-0.39, 0.29) is 37.5 Å². The summed E-state index contributed by atoms with van der Waals surface area (Å²) in [6, 6.07) is 7.44. The molecule has 19 heteroatoms. The lowest BCUT2D eigenvalue weighted by Gasteiger charge is -2.37. The summed E-state index contributed by atoms with van der Waals surface area (Å²) in [6.07, 6.45) is 0.505. The highest BCUT2D eigenvalue weighted by Gasteiger charge is 2.41. The van der Waals surface area contributed by atoms with E-state index < -0.39 is 120 Å². The van der Waals surface area contributed by atoms with E-state index in [1.807, 2.05) is 33.8 Å². The predicted molar refractivity (Wildman–Crippen MR) is 276 cm³/mol. The molecular weight excluding hydrogens is 935 g/mol. The number of piperidine rings is 1. The van der Waals surface area contributed by atoms with Crippen LogP contribution in [0.4, 0.5) is 0 Å². The van der Waals surface area contributed by atoms with Crippen LogP contribution in [-0.2, 0) is 56.0 Å². The Morgan fingerprint density at radius 2 is 1.10 bits per heavy atom. The largest absolute Gasteiger partial charge is 0.391 e. The average molecular weight is 1020 g/mol. The molecule has 0 aromatic heterocycles. The van der Waals surface area contributed by atoms with E-state index >= 15 is 4.79 Å². The minimum Gasteiger partial charge on any atom is -0.391 e. The zero-order valence-electron chi connectivity index (χ0n) is 44.7. The number of hydrogen-bond acceptors (Lipinski definition) is 10. The van der Waals surface area contributed by atoms with Gasteiger partial charge in [-0.1, -0.05) is 102 Å². The highest BCUT2D eigenvalue weighted by Crippen LogP contribution is 2.21. The van der Waals surface area contributed by atoms with Gasteiger partial charge in [0.25, 0.3) is 0 Å². The number of benzene rings is 2. The van der Waals surface area contributed by atoms with Gasteiger partial charge in [-0.3, -0.25) is 43.2 Å². The third kappa shape index (κ3) is 16.8. The fraction of sp³-hybridized carbons (Fsp3) is 0.611. The van der Waals surface area contributed by atoms with Crippen molar-refractivity contribution >= 4 is 53.2 Å². The van der Waals surface area contributed by atoms with Crippen molar-refractivity contribution in [3.05, 3.63) is 71.8 Å². The smallest absolute Gasteiger partial charge is 0.248 e. The van der Waals surface area contributed by atoms with Gasteiger partial charge in [-0.05, 0) is 74.8 Å². The Morgan fingerprint density at radius 1 is 0.562 bits per heavy atom. The molecule has 4 rings (SSSR count). The third-order valence-electron chi connectivity index (χ3n) is 13.7. The summed E-state index contributed by atoms with van der Waals surface area (Å²) in [5.74, 6) is -7.20. The van der Waals surface area contributed by atoms with Gasteiger partial charge in [0.1, 0.15) is 48.3 Å². The number of likely N-dealkylation sites (tertiary alicyclic amines) is 1. The number of carbonyl (C=O) groups is 9. The third-order valence-corrected chi connectivity index (χ3v) is 13.7. The lowest BCUT2D eigenvalue weighted by Crippen LogP contribution is -2.62. The number of likely N-dealkylation sites (N-methyl/N-ethyl adjacent to an activating group) is 3. The second-order valence-electron chi connectivity index (χ2n) is 21.0. The van der Waals surface area contributed by atoms with Crippen molar-refractivity contribution in [2.45, 2.75) is 161 Å². The molecule has 9 atom stereocenters. The maximum atomic E-state index is 15.1. The highest BCUT2D eigenvalue weighted by molar-refractivity contribution is 5.99. The summed E-state index contributed by atoms with van der Waals surface area (Å²) in [5, 5.41) is 24.6. The molecule has 73 heavy (non-hydrogen) atoms. The number of aliphatic hydroxyl groups is 1. The van der Waals surface area contributed by atoms with Gasteiger partial charge in [-0.15, -0.1) is 0 Å². The van der Waals surface area contributed by atoms with Crippen LogP contribution >= 0.6 is 0 Å². The number of carbonyl (C=O) groups excluding carboxylic acids is 9. The second kappa shape index (κ2) is 27.6. The lowest BCUT2D eigenvalue weighted by molar-refractivity contribution is -0.150. The summed E-state index contributed by atoms with van der Waals surface area (Å²) in [4.78, 5) is 136. The Hall–Kier alpha value is -6.37. The summed E-state index contributed by atoms with van der Waals surface area (Å²) in [6.45, 7) is 14.3. The first kappa shape index (κ1) is 59.2. The van der Waals surface area contributed by atoms with E-state index in [1.54, 1.807) is 73.3 Å². The number of amides is 9. The van der Waals surface area contributed by atoms with E-state index in [0.29, 0.717) is 37.1 Å². The quantitative estimate of drug-likeness (QED) is 0.191. The fourth-order valence-corrected chi connectivity index (χ4v) is 9.19. The molecule has 2 aromatic carbocycles. The molecule has 2 fully saturated rings. The van der Waals surface area contributed by atoms with Gasteiger partial charge in [0.2, 0.25) is 53.2 Å². The first-order chi connectivity index (χ1) is 34.4. The zero-order chi connectivity index (χ0) is 54.3. The van der Waals surface area contributed by atoms with E-state index in [9.17, 15) is 43.5 Å². The summed E-state index contributed by atoms with van der Waals surface area (Å²) in [5.41, 5.74) is 1.37. The van der Waals surface area contributed by atoms with Crippen LogP contribution in [0.15, 0.2) is 60.7 Å². The molecular formula is C54H81N9O10. The van der Waals surface area contributed by atoms with Crippen LogP contribution in [0.25, 0.3) is 0 Å². The van der Waals surface area contributed by atoms with Gasteiger partial charge >= 0.3 is 0 Å². The maximum Gasteiger partial charge on any atom is 0.248 e. The van der Waals surface area contributed by atoms with E-state index in [2.05, 4.69) is 26.6 Å². The van der Waals surface area contributed by atoms with Gasteiger partial charge in [0, 0.05) is 47.1 Å². The number of hydrogen-bond donors (Lipinski definition) is 6. The van der Waals surface area contributed by atoms with Gasteiger partial charge in [0.05, 0.1) is 12.5 Å². The van der Waals surface area contributed by atoms with Crippen LogP contribution in [0, 0.1) is 17.8 Å². The minimum absolute atomic E-state index is 0.00869. The average Bonchev–Trinajstić information content (AvgIpc) is 3.35. The summed E-state index contributed by atoms with van der Waals surface area (Å²) in [7, 11) is 4.24. The molecule has 402 valence electrons. The molecule has 19 nitrogen and oxygen atoms in total. The monoisotopic (exact) mass is 1020 g/mol. The summed E-state index contributed by atoms with van der Waals surface area (Å²) >= 11 is 0. The molecule has 0 radical (unpaired) electrons. The van der Waals surface area contributed by atoms with Crippen molar-refractivity contribution in [2.24, 2.45) is 17.8 Å². The van der Waals surface area contributed by atoms with Gasteiger partial charge in [0.15, 0.2) is 0 Å². The van der Waals surface area contributed by atoms with Crippen molar-refractivity contribution in [2.75, 3.05) is 34.2 Å². The van der Waals surface area contributed by atoms with Crippen LogP contribution in [0.3, 0.4) is 0 Å². The molecule has 0 aliphatic carbocycles. The molecule has 0 spiro atoms. The van der Waals surface area contributed by atoms with Crippen LogP contribution in [-0.4, -0.2) is 167 Å². The Kier molecular flexibility index (Phi) is 22.4. The molecule has 2 heterocycles. The van der Waals surface area contributed by atoms with Gasteiger partial charge in [-0.2, -0.15) is 0 Å². The standard InChI is InChI=1S/C54H81N9O10/c1-32(2)27-39-48(67)59-46(36(8)64)54(73)60(9)35(7)47(66)56-40(29-37-21-15-12-16-22-37)51(70)62(11)43(28-33(3)4)53(72)61(10)42(30-38-23-17-13-18-24-38)49(68)57-41(52(71)63-25-19-14-20-26-63)31-44(65)58-45(34(5)6)50(69)55-39/h12-13,15-18,21-24,32-36,39-43,45-46,64H,14,19-20,25-31H2,1-11H3,(H,55,69)(H,56,66)(H,57,68)(H,58,65)(H,59,67)/t35-,36?,39-,40-,41-,42-,43-,45+,46-/m0/s1. The van der Waals surface area contributed by atoms with Crippen molar-refractivity contribution in [3.8, 4) is 0 Å². The SMILES string of the molecule is CC(C)C[C@@H]1NC(=O)[C@@H](C(C)C)NC(=O)C[C@@H](C(=O)N2CCCCC2)NC(=O)[C@H](Cc2ccccc2)N(C)C(=O)[C@H](CC(C)C)N(C)C(=O)[C@H](Cc2ccccc2)NC(=O)[C@H](C)N(C)C(=O)[C@H](C(C)O)NC1=O. The number of rotatable bonds is 11. The minimum atomic E-state index is -1.59. The van der Waals surface area contributed by atoms with Gasteiger partial charge in [-0.25, -0.2) is 0 Å². The lowest BCUT2D eigenvalue weighted by atomic mass is 9.97. The molecule has 9 amide bonds. The van der Waals surface area contributed by atoms with E-state index in [4.69, 9.17) is 0 Å². The number of nitrogens with one attached hydrogen (secondary N) is 5. The zero-order valence-corrected chi connectivity index (χ0v) is 44.7. The van der Waals surface area contributed by atoms with Gasteiger partial charge < -0.3 is 51.3 Å². The molecule has 6 N–H and O–H groups in total. The predicted octanol–water partition coefficient (Wildman–Crippen LogP) is 1.94. The Morgan fingerprint density at radius 3 is 1.63 bits per heavy atom. The van der Waals surface area contributed by atoms with Crippen molar-refractivity contribution in [1.29, 1.82) is 0 Å². The first-order valence-electron chi connectivity index (χ1n) is 25.8. The van der Waals surface area contributed by atoms with Crippen molar-refractivity contribution in [1.82, 2.24) is 46.2 Å². The molecule has 2 aliphatic rings. The molecule has 1 unspecified atom stereocenters. The normalized spacial score (nSPS) is 25.9. The molecule has 2 aliphatic heterocycles. The Bertz CT molecular complexity index is 2220. The topological polar surface area (TPSA) is 247 Å². The van der Waals surface area contributed by atoms with Crippen LogP contribution in [0.2, 0.25) is 0 Å². The molecule has 2 saturated heterocycles. The summed E-state index contributed by atoms with van der Waals surface area (Å²) < 4.78 is 0. The van der Waals surface area contributed by atoms with Crippen LogP contribution < -0.4 is 26.6 Å². The number of aliphatic hydroxyl groups excluding tert-OH is 1. The maximum absolute atomic E-state index is 15.1. The second-order valence-corrected chi connectivity index (χ2v) is 21.0. The van der Waals surface area contributed by atoms with Crippen molar-refractivity contribution < 1.29 is 48.3 Å². The molecule has 0 bridgehead atoms. The van der Waals surface area contributed by atoms with E-state index in [0.717, 1.165) is 11.3 Å². The van der Waals surface area contributed by atoms with E-state index in [1.165, 1.54) is 44.8 Å². The number of nitrogens with zero attached hydrogens (tertiary/aromatic N) is 4. The van der Waals surface area contributed by atoms with Crippen molar-refractivity contribution in [3.63, 3.8) is 0 Å². The van der Waals surface area contributed by atoms with Crippen LogP contribution in [0.1, 0.15) is 105 Å².